The third-order valence-electron chi connectivity index (χ3n) is 4.27. The van der Waals surface area contributed by atoms with Crippen LogP contribution in [-0.2, 0) is 11.3 Å². The first-order valence-corrected chi connectivity index (χ1v) is 8.72. The van der Waals surface area contributed by atoms with Crippen LogP contribution in [0.1, 0.15) is 5.56 Å². The van der Waals surface area contributed by atoms with Crippen LogP contribution in [0.15, 0.2) is 42.5 Å². The summed E-state index contributed by atoms with van der Waals surface area (Å²) in [5.41, 5.74) is 7.25. The van der Waals surface area contributed by atoms with E-state index in [1.54, 1.807) is 14.2 Å². The lowest BCUT2D eigenvalue weighted by molar-refractivity contribution is 0.135. The van der Waals surface area contributed by atoms with E-state index in [4.69, 9.17) is 24.7 Å². The maximum atomic E-state index is 6.03. The lowest BCUT2D eigenvalue weighted by atomic mass is 10.2. The molecular weight excluding hydrogens is 332 g/mol. The Morgan fingerprint density at radius 1 is 1.00 bits per heavy atom. The molecule has 0 spiro atoms. The number of nitrogens with zero attached hydrogens (tertiary/aromatic N) is 1. The minimum Gasteiger partial charge on any atom is -0.496 e. The molecule has 140 valence electrons. The summed E-state index contributed by atoms with van der Waals surface area (Å²) >= 11 is 0. The molecule has 6 nitrogen and oxygen atoms in total. The molecule has 3 rings (SSSR count). The van der Waals surface area contributed by atoms with Crippen LogP contribution in [0.2, 0.25) is 0 Å². The quantitative estimate of drug-likeness (QED) is 0.856. The average molecular weight is 358 g/mol. The molecule has 1 saturated heterocycles. The van der Waals surface area contributed by atoms with Crippen LogP contribution in [0.3, 0.4) is 0 Å². The van der Waals surface area contributed by atoms with Gasteiger partial charge in [-0.05, 0) is 17.7 Å². The maximum Gasteiger partial charge on any atom is 0.134 e. The topological polar surface area (TPSA) is 66.2 Å². The number of hydrogen-bond donors (Lipinski definition) is 1. The molecule has 2 aromatic rings. The van der Waals surface area contributed by atoms with Gasteiger partial charge in [0, 0.05) is 43.9 Å². The van der Waals surface area contributed by atoms with Crippen LogP contribution >= 0.6 is 0 Å². The lowest BCUT2D eigenvalue weighted by Gasteiger charge is -2.21. The van der Waals surface area contributed by atoms with Crippen molar-refractivity contribution in [3.05, 3.63) is 48.0 Å². The van der Waals surface area contributed by atoms with Crippen LogP contribution in [0.4, 0.5) is 0 Å². The van der Waals surface area contributed by atoms with E-state index < -0.39 is 0 Å². The van der Waals surface area contributed by atoms with Crippen molar-refractivity contribution in [2.24, 2.45) is 5.73 Å². The third kappa shape index (κ3) is 5.11. The zero-order chi connectivity index (χ0) is 18.4. The first-order chi connectivity index (χ1) is 12.7. The zero-order valence-corrected chi connectivity index (χ0v) is 15.3. The Bertz CT molecular complexity index is 683. The maximum absolute atomic E-state index is 6.03. The fourth-order valence-corrected chi connectivity index (χ4v) is 2.95. The molecule has 0 bridgehead atoms. The minimum atomic E-state index is 0.0724. The molecule has 0 aliphatic carbocycles. The first kappa shape index (κ1) is 18.5. The minimum absolute atomic E-state index is 0.0724. The Balaban J connectivity index is 1.64. The molecule has 0 aromatic heterocycles. The predicted octanol–water partition coefficient (Wildman–Crippen LogP) is 2.66. The molecule has 1 aliphatic heterocycles. The lowest BCUT2D eigenvalue weighted by Crippen LogP contribution is -2.37. The molecule has 26 heavy (non-hydrogen) atoms. The van der Waals surface area contributed by atoms with Crippen molar-refractivity contribution in [2.45, 2.75) is 12.6 Å². The zero-order valence-electron chi connectivity index (χ0n) is 15.3. The van der Waals surface area contributed by atoms with Gasteiger partial charge in [0.05, 0.1) is 27.4 Å². The summed E-state index contributed by atoms with van der Waals surface area (Å²) in [5, 5.41) is 0. The summed E-state index contributed by atoms with van der Waals surface area (Å²) in [6.45, 7) is 3.96. The van der Waals surface area contributed by atoms with Crippen molar-refractivity contribution in [1.29, 1.82) is 0 Å². The summed E-state index contributed by atoms with van der Waals surface area (Å²) in [7, 11) is 3.24. The van der Waals surface area contributed by atoms with Crippen molar-refractivity contribution >= 4 is 0 Å². The second kappa shape index (κ2) is 8.89. The molecule has 1 atom stereocenters. The van der Waals surface area contributed by atoms with Crippen molar-refractivity contribution in [3.63, 3.8) is 0 Å². The number of hydrogen-bond acceptors (Lipinski definition) is 6. The van der Waals surface area contributed by atoms with Crippen LogP contribution in [0, 0.1) is 0 Å². The van der Waals surface area contributed by atoms with Gasteiger partial charge in [-0.25, -0.2) is 0 Å². The second-order valence-corrected chi connectivity index (χ2v) is 6.36. The third-order valence-corrected chi connectivity index (χ3v) is 4.27. The van der Waals surface area contributed by atoms with E-state index in [1.807, 2.05) is 30.3 Å². The highest BCUT2D eigenvalue weighted by atomic mass is 16.5. The molecule has 1 unspecified atom stereocenters. The SMILES string of the molecule is COc1cc(OC)cc(Oc2ccc(CN3CCOCC(N)C3)cc2)c1. The van der Waals surface area contributed by atoms with Gasteiger partial charge < -0.3 is 24.7 Å². The van der Waals surface area contributed by atoms with Crippen LogP contribution in [-0.4, -0.2) is 51.5 Å². The number of nitrogens with two attached hydrogens (primary N) is 1. The fourth-order valence-electron chi connectivity index (χ4n) is 2.95. The smallest absolute Gasteiger partial charge is 0.134 e. The molecule has 1 aliphatic rings. The van der Waals surface area contributed by atoms with Gasteiger partial charge >= 0.3 is 0 Å². The molecule has 6 heteroatoms. The van der Waals surface area contributed by atoms with Crippen molar-refractivity contribution in [1.82, 2.24) is 4.90 Å². The number of methoxy groups -OCH3 is 2. The summed E-state index contributed by atoms with van der Waals surface area (Å²) in [6, 6.07) is 13.6. The monoisotopic (exact) mass is 358 g/mol. The molecule has 2 N–H and O–H groups in total. The van der Waals surface area contributed by atoms with Gasteiger partial charge in [-0.3, -0.25) is 4.90 Å². The van der Waals surface area contributed by atoms with Gasteiger partial charge in [0.1, 0.15) is 23.0 Å². The highest BCUT2D eigenvalue weighted by molar-refractivity contribution is 5.44. The average Bonchev–Trinajstić information content (AvgIpc) is 2.86. The summed E-state index contributed by atoms with van der Waals surface area (Å²) in [6.07, 6.45) is 0. The molecular formula is C20H26N2O4. The Hall–Kier alpha value is -2.28. The number of ether oxygens (including phenoxy) is 4. The van der Waals surface area contributed by atoms with E-state index in [0.717, 1.165) is 32.0 Å². The van der Waals surface area contributed by atoms with E-state index in [2.05, 4.69) is 17.0 Å². The van der Waals surface area contributed by atoms with Crippen LogP contribution in [0.5, 0.6) is 23.0 Å². The van der Waals surface area contributed by atoms with Crippen molar-refractivity contribution in [3.8, 4) is 23.0 Å². The molecule has 0 saturated carbocycles. The highest BCUT2D eigenvalue weighted by Crippen LogP contribution is 2.30. The summed E-state index contributed by atoms with van der Waals surface area (Å²) < 4.78 is 22.0. The molecule has 1 fully saturated rings. The van der Waals surface area contributed by atoms with Gasteiger partial charge in [0.15, 0.2) is 0 Å². The van der Waals surface area contributed by atoms with E-state index in [9.17, 15) is 0 Å². The Morgan fingerprint density at radius 2 is 1.65 bits per heavy atom. The van der Waals surface area contributed by atoms with Gasteiger partial charge in [-0.2, -0.15) is 0 Å². The van der Waals surface area contributed by atoms with Gasteiger partial charge in [0.25, 0.3) is 0 Å². The van der Waals surface area contributed by atoms with Crippen LogP contribution < -0.4 is 19.9 Å². The molecule has 0 radical (unpaired) electrons. The second-order valence-electron chi connectivity index (χ2n) is 6.36. The standard InChI is InChI=1S/C20H26N2O4/c1-23-18-9-19(24-2)11-20(10-18)26-17-5-3-15(4-6-17)12-22-7-8-25-14-16(21)13-22/h3-6,9-11,16H,7-8,12-14,21H2,1-2H3. The van der Waals surface area contributed by atoms with Crippen molar-refractivity contribution in [2.75, 3.05) is 40.5 Å². The number of rotatable bonds is 6. The summed E-state index contributed by atoms with van der Waals surface area (Å²) in [5.74, 6) is 2.82. The first-order valence-electron chi connectivity index (χ1n) is 8.72. The molecule has 0 amide bonds. The van der Waals surface area contributed by atoms with Gasteiger partial charge in [-0.1, -0.05) is 12.1 Å². The largest absolute Gasteiger partial charge is 0.496 e. The van der Waals surface area contributed by atoms with E-state index in [0.29, 0.717) is 23.9 Å². The number of benzene rings is 2. The van der Waals surface area contributed by atoms with E-state index >= 15 is 0 Å². The molecule has 1 heterocycles. The van der Waals surface area contributed by atoms with E-state index in [1.165, 1.54) is 5.56 Å². The highest BCUT2D eigenvalue weighted by Gasteiger charge is 2.15. The normalized spacial score (nSPS) is 18.2. The Kier molecular flexibility index (Phi) is 6.33. The van der Waals surface area contributed by atoms with Gasteiger partial charge in [-0.15, -0.1) is 0 Å². The Labute approximate surface area is 154 Å². The predicted molar refractivity (Wildman–Crippen MR) is 100 cm³/mol. The van der Waals surface area contributed by atoms with Gasteiger partial charge in [0.2, 0.25) is 0 Å². The van der Waals surface area contributed by atoms with Crippen molar-refractivity contribution < 1.29 is 18.9 Å². The summed E-state index contributed by atoms with van der Waals surface area (Å²) in [4.78, 5) is 2.32. The Morgan fingerprint density at radius 3 is 2.31 bits per heavy atom. The van der Waals surface area contributed by atoms with Crippen LogP contribution in [0.25, 0.3) is 0 Å². The molecule has 2 aromatic carbocycles. The van der Waals surface area contributed by atoms with E-state index in [-0.39, 0.29) is 6.04 Å². The fraction of sp³-hybridized carbons (Fsp3) is 0.400.